The third-order valence-corrected chi connectivity index (χ3v) is 3.60. The smallest absolute Gasteiger partial charge is 0.192 e. The number of benzene rings is 1. The van der Waals surface area contributed by atoms with E-state index in [-0.39, 0.29) is 11.9 Å². The second-order valence-electron chi connectivity index (χ2n) is 5.08. The van der Waals surface area contributed by atoms with Crippen LogP contribution < -0.4 is 0 Å². The molecule has 0 aliphatic carbocycles. The van der Waals surface area contributed by atoms with Gasteiger partial charge in [0.25, 0.3) is 0 Å². The molecular weight excluding hydrogens is 238 g/mol. The van der Waals surface area contributed by atoms with Crippen LogP contribution in [0.1, 0.15) is 36.2 Å². The number of hydrogen-bond acceptors (Lipinski definition) is 3. The molecule has 1 aromatic carbocycles. The van der Waals surface area contributed by atoms with Crippen LogP contribution in [0.4, 0.5) is 0 Å². The third kappa shape index (κ3) is 3.64. The minimum Gasteiger partial charge on any atom is -0.367 e. The Morgan fingerprint density at radius 3 is 3.00 bits per heavy atom. The normalized spacial score (nSPS) is 20.4. The maximum absolute atomic E-state index is 12.5. The van der Waals surface area contributed by atoms with E-state index in [2.05, 4.69) is 24.8 Å². The summed E-state index contributed by atoms with van der Waals surface area (Å²) in [6.45, 7) is 7.63. The number of ether oxygens (including phenoxy) is 1. The van der Waals surface area contributed by atoms with Crippen molar-refractivity contribution in [2.24, 2.45) is 0 Å². The van der Waals surface area contributed by atoms with Crippen LogP contribution in [0.15, 0.2) is 24.3 Å². The highest BCUT2D eigenvalue weighted by Crippen LogP contribution is 2.14. The average molecular weight is 261 g/mol. The first-order valence-electron chi connectivity index (χ1n) is 7.21. The van der Waals surface area contributed by atoms with E-state index in [1.807, 2.05) is 18.2 Å². The lowest BCUT2D eigenvalue weighted by Gasteiger charge is -2.31. The molecule has 0 radical (unpaired) electrons. The van der Waals surface area contributed by atoms with Crippen molar-refractivity contribution in [1.29, 1.82) is 0 Å². The number of aryl methyl sites for hydroxylation is 1. The van der Waals surface area contributed by atoms with E-state index in [9.17, 15) is 4.79 Å². The predicted octanol–water partition coefficient (Wildman–Crippen LogP) is 2.54. The summed E-state index contributed by atoms with van der Waals surface area (Å²) < 4.78 is 5.65. The summed E-state index contributed by atoms with van der Waals surface area (Å²) in [5.74, 6) is 0.121. The molecule has 3 nitrogen and oxygen atoms in total. The average Bonchev–Trinajstić information content (AvgIpc) is 2.47. The van der Waals surface area contributed by atoms with Crippen LogP contribution in [-0.4, -0.2) is 43.0 Å². The summed E-state index contributed by atoms with van der Waals surface area (Å²) in [7, 11) is 0. The maximum Gasteiger partial charge on any atom is 0.192 e. The molecule has 1 atom stereocenters. The highest BCUT2D eigenvalue weighted by Gasteiger charge is 2.27. The number of hydrogen-bond donors (Lipinski definition) is 0. The van der Waals surface area contributed by atoms with E-state index in [1.165, 1.54) is 5.56 Å². The fourth-order valence-corrected chi connectivity index (χ4v) is 2.51. The first-order chi connectivity index (χ1) is 9.24. The van der Waals surface area contributed by atoms with Gasteiger partial charge in [-0.05, 0) is 31.0 Å². The van der Waals surface area contributed by atoms with Crippen LogP contribution >= 0.6 is 0 Å². The molecule has 0 bridgehead atoms. The molecule has 104 valence electrons. The van der Waals surface area contributed by atoms with E-state index in [4.69, 9.17) is 4.74 Å². The van der Waals surface area contributed by atoms with Gasteiger partial charge in [0.2, 0.25) is 0 Å². The number of nitrogens with zero attached hydrogens (tertiary/aromatic N) is 1. The zero-order valence-corrected chi connectivity index (χ0v) is 11.9. The monoisotopic (exact) mass is 261 g/mol. The van der Waals surface area contributed by atoms with Gasteiger partial charge in [0.15, 0.2) is 5.78 Å². The molecule has 1 aliphatic rings. The lowest BCUT2D eigenvalue weighted by Crippen LogP contribution is -2.46. The number of ketones is 1. The maximum atomic E-state index is 12.5. The van der Waals surface area contributed by atoms with Gasteiger partial charge in [-0.15, -0.1) is 0 Å². The van der Waals surface area contributed by atoms with Crippen molar-refractivity contribution in [3.05, 3.63) is 35.4 Å². The Morgan fingerprint density at radius 1 is 1.42 bits per heavy atom. The summed E-state index contributed by atoms with van der Waals surface area (Å²) >= 11 is 0. The highest BCUT2D eigenvalue weighted by molar-refractivity contribution is 5.99. The van der Waals surface area contributed by atoms with Gasteiger partial charge in [-0.1, -0.05) is 32.0 Å². The molecular formula is C16H23NO2. The molecule has 1 fully saturated rings. The summed E-state index contributed by atoms with van der Waals surface area (Å²) in [6.07, 6.45) is 1.77. The molecule has 2 rings (SSSR count). The minimum atomic E-state index is -0.299. The van der Waals surface area contributed by atoms with E-state index in [1.54, 1.807) is 0 Å². The summed E-state index contributed by atoms with van der Waals surface area (Å²) in [6, 6.07) is 7.90. The number of carbonyl (C=O) groups excluding carboxylic acids is 1. The van der Waals surface area contributed by atoms with Gasteiger partial charge in [0.1, 0.15) is 6.10 Å². The van der Waals surface area contributed by atoms with Crippen LogP contribution in [-0.2, 0) is 11.2 Å². The van der Waals surface area contributed by atoms with E-state index in [0.29, 0.717) is 6.61 Å². The summed E-state index contributed by atoms with van der Waals surface area (Å²) in [4.78, 5) is 14.8. The largest absolute Gasteiger partial charge is 0.367 e. The zero-order valence-electron chi connectivity index (χ0n) is 11.9. The molecule has 1 aliphatic heterocycles. The van der Waals surface area contributed by atoms with Crippen LogP contribution in [0, 0.1) is 0 Å². The van der Waals surface area contributed by atoms with Gasteiger partial charge in [-0.3, -0.25) is 9.69 Å². The SMILES string of the molecule is CCCN1CCOC(C(=O)c2cccc(CC)c2)C1. The van der Waals surface area contributed by atoms with Gasteiger partial charge in [-0.25, -0.2) is 0 Å². The molecule has 19 heavy (non-hydrogen) atoms. The number of morpholine rings is 1. The van der Waals surface area contributed by atoms with Crippen LogP contribution in [0.5, 0.6) is 0 Å². The highest BCUT2D eigenvalue weighted by atomic mass is 16.5. The van der Waals surface area contributed by atoms with Crippen molar-refractivity contribution in [3.63, 3.8) is 0 Å². The van der Waals surface area contributed by atoms with Crippen molar-refractivity contribution in [2.75, 3.05) is 26.2 Å². The summed E-state index contributed by atoms with van der Waals surface area (Å²) in [5, 5.41) is 0. The Morgan fingerprint density at radius 2 is 2.26 bits per heavy atom. The first-order valence-corrected chi connectivity index (χ1v) is 7.21. The zero-order chi connectivity index (χ0) is 13.7. The van der Waals surface area contributed by atoms with Crippen molar-refractivity contribution in [3.8, 4) is 0 Å². The Bertz CT molecular complexity index is 429. The van der Waals surface area contributed by atoms with Gasteiger partial charge in [0, 0.05) is 18.7 Å². The topological polar surface area (TPSA) is 29.5 Å². The molecule has 0 spiro atoms. The molecule has 1 saturated heterocycles. The molecule has 1 heterocycles. The quantitative estimate of drug-likeness (QED) is 0.763. The lowest BCUT2D eigenvalue weighted by molar-refractivity contribution is -0.0163. The van der Waals surface area contributed by atoms with Crippen molar-refractivity contribution < 1.29 is 9.53 Å². The molecule has 0 N–H and O–H groups in total. The second kappa shape index (κ2) is 6.83. The molecule has 1 unspecified atom stereocenters. The Labute approximate surface area is 115 Å². The molecule has 0 amide bonds. The standard InChI is InChI=1S/C16H23NO2/c1-3-8-17-9-10-19-15(12-17)16(18)14-7-5-6-13(4-2)11-14/h5-7,11,15H,3-4,8-10,12H2,1-2H3. The minimum absolute atomic E-state index is 0.121. The van der Waals surface area contributed by atoms with Gasteiger partial charge < -0.3 is 4.74 Å². The van der Waals surface area contributed by atoms with Gasteiger partial charge in [0.05, 0.1) is 6.61 Å². The van der Waals surface area contributed by atoms with Crippen LogP contribution in [0.3, 0.4) is 0 Å². The first kappa shape index (κ1) is 14.2. The number of carbonyl (C=O) groups is 1. The van der Waals surface area contributed by atoms with E-state index < -0.39 is 0 Å². The Balaban J connectivity index is 2.05. The van der Waals surface area contributed by atoms with Crippen molar-refractivity contribution in [1.82, 2.24) is 4.90 Å². The van der Waals surface area contributed by atoms with E-state index >= 15 is 0 Å². The third-order valence-electron chi connectivity index (χ3n) is 3.60. The lowest BCUT2D eigenvalue weighted by atomic mass is 10.0. The predicted molar refractivity (Wildman–Crippen MR) is 76.6 cm³/mol. The van der Waals surface area contributed by atoms with Crippen LogP contribution in [0.25, 0.3) is 0 Å². The second-order valence-corrected chi connectivity index (χ2v) is 5.08. The van der Waals surface area contributed by atoms with Crippen LogP contribution in [0.2, 0.25) is 0 Å². The molecule has 1 aromatic rings. The van der Waals surface area contributed by atoms with Crippen molar-refractivity contribution >= 4 is 5.78 Å². The molecule has 0 saturated carbocycles. The van der Waals surface area contributed by atoms with Gasteiger partial charge in [-0.2, -0.15) is 0 Å². The number of rotatable bonds is 5. The summed E-state index contributed by atoms with van der Waals surface area (Å²) in [5.41, 5.74) is 1.98. The fourth-order valence-electron chi connectivity index (χ4n) is 2.51. The Hall–Kier alpha value is -1.19. The van der Waals surface area contributed by atoms with Crippen molar-refractivity contribution in [2.45, 2.75) is 32.8 Å². The molecule has 3 heteroatoms. The van der Waals surface area contributed by atoms with E-state index in [0.717, 1.165) is 38.0 Å². The van der Waals surface area contributed by atoms with Gasteiger partial charge >= 0.3 is 0 Å². The molecule has 0 aromatic heterocycles. The Kier molecular flexibility index (Phi) is 5.11. The fraction of sp³-hybridized carbons (Fsp3) is 0.562. The number of Topliss-reactive ketones (excluding diaryl/α,β-unsaturated/α-hetero) is 1.